The number of ether oxygens (including phenoxy) is 1. The van der Waals surface area contributed by atoms with Crippen molar-refractivity contribution in [2.45, 2.75) is 38.8 Å². The van der Waals surface area contributed by atoms with Gasteiger partial charge in [0.1, 0.15) is 11.6 Å². The van der Waals surface area contributed by atoms with E-state index < -0.39 is 0 Å². The Balaban J connectivity index is 1.56. The second-order valence-electron chi connectivity index (χ2n) is 8.73. The van der Waals surface area contributed by atoms with E-state index in [2.05, 4.69) is 26.4 Å². The van der Waals surface area contributed by atoms with Crippen LogP contribution in [0.15, 0.2) is 24.3 Å². The first-order valence-electron chi connectivity index (χ1n) is 10.5. The van der Waals surface area contributed by atoms with Gasteiger partial charge in [-0.2, -0.15) is 0 Å². The van der Waals surface area contributed by atoms with Crippen LogP contribution < -0.4 is 16.4 Å². The van der Waals surface area contributed by atoms with Gasteiger partial charge < -0.3 is 21.1 Å². The number of fused-ring (bicyclic) bond motifs is 1. The van der Waals surface area contributed by atoms with E-state index in [1.165, 1.54) is 0 Å². The van der Waals surface area contributed by atoms with Crippen LogP contribution in [-0.4, -0.2) is 46.4 Å². The molecule has 164 valence electrons. The summed E-state index contributed by atoms with van der Waals surface area (Å²) in [6.45, 7) is 6.48. The van der Waals surface area contributed by atoms with E-state index in [9.17, 15) is 0 Å². The average molecular weight is 461 g/mol. The van der Waals surface area contributed by atoms with E-state index in [4.69, 9.17) is 39.4 Å². The lowest BCUT2D eigenvalue weighted by molar-refractivity contribution is 0.0974. The Morgan fingerprint density at radius 1 is 1.19 bits per heavy atom. The van der Waals surface area contributed by atoms with Gasteiger partial charge in [-0.05, 0) is 32.8 Å². The third-order valence-electron chi connectivity index (χ3n) is 7.00. The minimum Gasteiger partial charge on any atom is -0.398 e. The Morgan fingerprint density at radius 3 is 2.61 bits per heavy atom. The normalized spacial score (nSPS) is 23.2. The van der Waals surface area contributed by atoms with Crippen LogP contribution >= 0.6 is 23.2 Å². The van der Waals surface area contributed by atoms with Crippen LogP contribution in [0.3, 0.4) is 0 Å². The third kappa shape index (κ3) is 3.18. The Labute approximate surface area is 191 Å². The van der Waals surface area contributed by atoms with Crippen LogP contribution in [0.1, 0.15) is 25.6 Å². The van der Waals surface area contributed by atoms with Gasteiger partial charge in [0, 0.05) is 41.9 Å². The van der Waals surface area contributed by atoms with E-state index in [1.54, 1.807) is 6.07 Å². The minimum atomic E-state index is 0.0526. The summed E-state index contributed by atoms with van der Waals surface area (Å²) in [6.07, 6.45) is 2.06. The molecule has 4 N–H and O–H groups in total. The zero-order chi connectivity index (χ0) is 21.9. The highest BCUT2D eigenvalue weighted by molar-refractivity contribution is 6.44. The van der Waals surface area contributed by atoms with Crippen molar-refractivity contribution in [3.05, 3.63) is 40.1 Å². The molecule has 0 aliphatic carbocycles. The van der Waals surface area contributed by atoms with Crippen molar-refractivity contribution in [1.82, 2.24) is 14.6 Å². The number of benzene rings is 1. The molecule has 1 aromatic carbocycles. The number of hydrogen-bond acceptors (Lipinski definition) is 6. The molecule has 1 unspecified atom stereocenters. The van der Waals surface area contributed by atoms with Crippen LogP contribution in [0.2, 0.25) is 10.0 Å². The zero-order valence-electron chi connectivity index (χ0n) is 17.6. The van der Waals surface area contributed by atoms with Crippen LogP contribution in [0, 0.1) is 12.3 Å². The molecule has 2 aliphatic rings. The summed E-state index contributed by atoms with van der Waals surface area (Å²) in [5.74, 6) is 1.77. The van der Waals surface area contributed by atoms with E-state index in [1.807, 2.05) is 25.1 Å². The van der Waals surface area contributed by atoms with Gasteiger partial charge in [-0.1, -0.05) is 35.3 Å². The van der Waals surface area contributed by atoms with Gasteiger partial charge in [-0.3, -0.25) is 4.40 Å². The number of rotatable bonds is 2. The Morgan fingerprint density at radius 2 is 1.94 bits per heavy atom. The predicted molar refractivity (Wildman–Crippen MR) is 125 cm³/mol. The molecule has 0 saturated carbocycles. The maximum absolute atomic E-state index is 6.56. The number of halogens is 2. The first-order chi connectivity index (χ1) is 14.8. The van der Waals surface area contributed by atoms with E-state index in [0.717, 1.165) is 55.3 Å². The molecule has 5 rings (SSSR count). The van der Waals surface area contributed by atoms with Gasteiger partial charge in [0.25, 0.3) is 0 Å². The molecule has 31 heavy (non-hydrogen) atoms. The second kappa shape index (κ2) is 7.52. The molecule has 0 radical (unpaired) electrons. The molecule has 2 aromatic heterocycles. The molecule has 1 spiro atoms. The van der Waals surface area contributed by atoms with E-state index in [0.29, 0.717) is 21.4 Å². The number of nitrogen functional groups attached to an aromatic ring is 1. The first-order valence-corrected chi connectivity index (χ1v) is 11.3. The van der Waals surface area contributed by atoms with Gasteiger partial charge in [-0.25, -0.2) is 0 Å². The third-order valence-corrected chi connectivity index (χ3v) is 7.82. The second-order valence-corrected chi connectivity index (χ2v) is 9.52. The SMILES string of the molecule is Cc1nnc2c(-c3cccc(Cl)c3Cl)c(N)cc(N3CCC4(CC3)COC(C)[C@H]4N)n12. The van der Waals surface area contributed by atoms with Crippen LogP contribution in [-0.2, 0) is 4.74 Å². The number of anilines is 2. The van der Waals surface area contributed by atoms with Gasteiger partial charge in [-0.15, -0.1) is 10.2 Å². The predicted octanol–water partition coefficient (Wildman–Crippen LogP) is 3.93. The van der Waals surface area contributed by atoms with Crippen molar-refractivity contribution in [3.63, 3.8) is 0 Å². The monoisotopic (exact) mass is 460 g/mol. The summed E-state index contributed by atoms with van der Waals surface area (Å²) >= 11 is 12.8. The number of piperidine rings is 1. The summed E-state index contributed by atoms with van der Waals surface area (Å²) in [5.41, 5.74) is 15.9. The lowest BCUT2D eigenvalue weighted by atomic mass is 9.73. The molecule has 2 atom stereocenters. The largest absolute Gasteiger partial charge is 0.398 e. The summed E-state index contributed by atoms with van der Waals surface area (Å²) in [6, 6.07) is 7.57. The van der Waals surface area contributed by atoms with Crippen molar-refractivity contribution in [2.24, 2.45) is 11.1 Å². The molecule has 2 fully saturated rings. The highest BCUT2D eigenvalue weighted by atomic mass is 35.5. The minimum absolute atomic E-state index is 0.0526. The quantitative estimate of drug-likeness (QED) is 0.601. The van der Waals surface area contributed by atoms with Crippen molar-refractivity contribution >= 4 is 40.4 Å². The lowest BCUT2D eigenvalue weighted by Gasteiger charge is -2.42. The van der Waals surface area contributed by atoms with Crippen LogP contribution in [0.4, 0.5) is 11.5 Å². The standard InChI is InChI=1S/C22H26Cl2N6O/c1-12-20(26)22(11-31-12)6-8-29(9-7-22)17-10-16(25)18(21-28-27-13(2)30(17)21)14-4-3-5-15(23)19(14)24/h3-5,10,12,20H,6-9,11,25-26H2,1-2H3/t12?,20-/m1/s1. The van der Waals surface area contributed by atoms with Crippen molar-refractivity contribution in [1.29, 1.82) is 0 Å². The molecule has 4 heterocycles. The maximum Gasteiger partial charge on any atom is 0.172 e. The summed E-state index contributed by atoms with van der Waals surface area (Å²) in [7, 11) is 0. The lowest BCUT2D eigenvalue weighted by Crippen LogP contribution is -2.51. The fourth-order valence-electron chi connectivity index (χ4n) is 5.06. The molecule has 3 aromatic rings. The van der Waals surface area contributed by atoms with Gasteiger partial charge in [0.05, 0.1) is 28.3 Å². The highest BCUT2D eigenvalue weighted by Crippen LogP contribution is 2.44. The molecule has 7 nitrogen and oxygen atoms in total. The molecule has 9 heteroatoms. The van der Waals surface area contributed by atoms with Crippen molar-refractivity contribution in [2.75, 3.05) is 30.3 Å². The Hall–Kier alpha value is -2.06. The molecular formula is C22H26Cl2N6O. The van der Waals surface area contributed by atoms with Crippen molar-refractivity contribution < 1.29 is 4.74 Å². The molecule has 0 amide bonds. The molecule has 2 aliphatic heterocycles. The fourth-order valence-corrected chi connectivity index (χ4v) is 5.46. The Kier molecular flexibility index (Phi) is 5.05. The number of aromatic nitrogens is 3. The number of nitrogens with zero attached hydrogens (tertiary/aromatic N) is 4. The smallest absolute Gasteiger partial charge is 0.172 e. The molecular weight excluding hydrogens is 435 g/mol. The van der Waals surface area contributed by atoms with Crippen LogP contribution in [0.5, 0.6) is 0 Å². The van der Waals surface area contributed by atoms with E-state index in [-0.39, 0.29) is 17.6 Å². The summed E-state index contributed by atoms with van der Waals surface area (Å²) in [5, 5.41) is 9.71. The average Bonchev–Trinajstić information content (AvgIpc) is 3.27. The molecule has 2 saturated heterocycles. The summed E-state index contributed by atoms with van der Waals surface area (Å²) in [4.78, 5) is 2.34. The molecule has 0 bridgehead atoms. The number of pyridine rings is 1. The van der Waals surface area contributed by atoms with Gasteiger partial charge in [0.2, 0.25) is 0 Å². The van der Waals surface area contributed by atoms with Crippen molar-refractivity contribution in [3.8, 4) is 11.1 Å². The fraction of sp³-hybridized carbons (Fsp3) is 0.455. The van der Waals surface area contributed by atoms with Crippen LogP contribution in [0.25, 0.3) is 16.8 Å². The number of hydrogen-bond donors (Lipinski definition) is 2. The van der Waals surface area contributed by atoms with E-state index >= 15 is 0 Å². The maximum atomic E-state index is 6.56. The summed E-state index contributed by atoms with van der Waals surface area (Å²) < 4.78 is 7.92. The van der Waals surface area contributed by atoms with Gasteiger partial charge in [0.15, 0.2) is 5.65 Å². The van der Waals surface area contributed by atoms with Gasteiger partial charge >= 0.3 is 0 Å². The Bertz CT molecular complexity index is 1150. The number of aryl methyl sites for hydroxylation is 1. The highest BCUT2D eigenvalue weighted by Gasteiger charge is 2.47. The first kappa shape index (κ1) is 20.8. The topological polar surface area (TPSA) is 94.7 Å². The zero-order valence-corrected chi connectivity index (χ0v) is 19.1. The number of nitrogens with two attached hydrogens (primary N) is 2.